The molecular weight excluding hydrogens is 166 g/mol. The Hall–Kier alpha value is -1.22. The normalized spacial score (nSPS) is 20.3. The molecular formula is C10H13NO2. The Kier molecular flexibility index (Phi) is 2.10. The Morgan fingerprint density at radius 1 is 1.54 bits per heavy atom. The minimum atomic E-state index is 0.0823. The molecule has 3 nitrogen and oxygen atoms in total. The minimum absolute atomic E-state index is 0.0823. The molecule has 0 saturated heterocycles. The van der Waals surface area contributed by atoms with E-state index in [0.717, 1.165) is 23.5 Å². The number of hydrogen-bond acceptors (Lipinski definition) is 3. The monoisotopic (exact) mass is 179 g/mol. The molecule has 0 saturated carbocycles. The Balaban J connectivity index is 2.41. The van der Waals surface area contributed by atoms with Crippen LogP contribution in [-0.4, -0.2) is 13.7 Å². The maximum atomic E-state index is 5.93. The highest BCUT2D eigenvalue weighted by molar-refractivity contribution is 5.43. The molecule has 13 heavy (non-hydrogen) atoms. The average molecular weight is 179 g/mol. The molecule has 1 aromatic carbocycles. The second-order valence-electron chi connectivity index (χ2n) is 3.15. The lowest BCUT2D eigenvalue weighted by Gasteiger charge is -2.23. The first kappa shape index (κ1) is 8.38. The van der Waals surface area contributed by atoms with Crippen molar-refractivity contribution in [1.29, 1.82) is 0 Å². The van der Waals surface area contributed by atoms with Crippen molar-refractivity contribution in [3.63, 3.8) is 0 Å². The number of fused-ring (bicyclic) bond motifs is 1. The first-order valence-corrected chi connectivity index (χ1v) is 4.37. The molecule has 0 aromatic heterocycles. The van der Waals surface area contributed by atoms with Crippen molar-refractivity contribution in [1.82, 2.24) is 0 Å². The maximum absolute atomic E-state index is 5.93. The lowest BCUT2D eigenvalue weighted by Crippen LogP contribution is -2.20. The van der Waals surface area contributed by atoms with Gasteiger partial charge in [0.25, 0.3) is 0 Å². The number of nitrogens with two attached hydrogens (primary N) is 1. The molecule has 1 heterocycles. The van der Waals surface area contributed by atoms with E-state index >= 15 is 0 Å². The second-order valence-corrected chi connectivity index (χ2v) is 3.15. The number of hydrogen-bond donors (Lipinski definition) is 1. The van der Waals surface area contributed by atoms with E-state index in [2.05, 4.69) is 0 Å². The Morgan fingerprint density at radius 3 is 3.15 bits per heavy atom. The zero-order valence-corrected chi connectivity index (χ0v) is 7.62. The van der Waals surface area contributed by atoms with Gasteiger partial charge in [-0.2, -0.15) is 0 Å². The smallest absolute Gasteiger partial charge is 0.124 e. The molecule has 1 aliphatic heterocycles. The van der Waals surface area contributed by atoms with Gasteiger partial charge in [0.2, 0.25) is 0 Å². The van der Waals surface area contributed by atoms with Gasteiger partial charge in [-0.3, -0.25) is 0 Å². The number of benzene rings is 1. The van der Waals surface area contributed by atoms with Crippen molar-refractivity contribution >= 4 is 0 Å². The first-order valence-electron chi connectivity index (χ1n) is 4.37. The highest BCUT2D eigenvalue weighted by Gasteiger charge is 2.18. The van der Waals surface area contributed by atoms with Gasteiger partial charge in [0.15, 0.2) is 0 Å². The third-order valence-electron chi connectivity index (χ3n) is 2.30. The Morgan fingerprint density at radius 2 is 2.38 bits per heavy atom. The van der Waals surface area contributed by atoms with Crippen LogP contribution in [0.25, 0.3) is 0 Å². The van der Waals surface area contributed by atoms with Gasteiger partial charge in [-0.05, 0) is 18.2 Å². The molecule has 2 N–H and O–H groups in total. The van der Waals surface area contributed by atoms with Gasteiger partial charge in [-0.15, -0.1) is 0 Å². The standard InChI is InChI=1S/C10H13NO2/c1-12-7-2-3-10-8(6-7)9(11)4-5-13-10/h2-3,6,9H,4-5,11H2,1H3. The third kappa shape index (κ3) is 1.47. The van der Waals surface area contributed by atoms with Crippen LogP contribution in [0.5, 0.6) is 11.5 Å². The molecule has 0 radical (unpaired) electrons. The van der Waals surface area contributed by atoms with Crippen LogP contribution in [-0.2, 0) is 0 Å². The number of rotatable bonds is 1. The van der Waals surface area contributed by atoms with Crippen molar-refractivity contribution in [2.75, 3.05) is 13.7 Å². The van der Waals surface area contributed by atoms with Crippen LogP contribution >= 0.6 is 0 Å². The molecule has 1 atom stereocenters. The average Bonchev–Trinajstić information content (AvgIpc) is 2.18. The molecule has 0 spiro atoms. The largest absolute Gasteiger partial charge is 0.497 e. The fraction of sp³-hybridized carbons (Fsp3) is 0.400. The molecule has 2 rings (SSSR count). The number of ether oxygens (including phenoxy) is 2. The maximum Gasteiger partial charge on any atom is 0.124 e. The van der Waals surface area contributed by atoms with Gasteiger partial charge in [0, 0.05) is 18.0 Å². The van der Waals surface area contributed by atoms with Crippen molar-refractivity contribution in [2.24, 2.45) is 5.73 Å². The molecule has 3 heteroatoms. The topological polar surface area (TPSA) is 44.5 Å². The summed E-state index contributed by atoms with van der Waals surface area (Å²) in [4.78, 5) is 0. The van der Waals surface area contributed by atoms with Gasteiger partial charge < -0.3 is 15.2 Å². The summed E-state index contributed by atoms with van der Waals surface area (Å²) in [5.74, 6) is 1.72. The summed E-state index contributed by atoms with van der Waals surface area (Å²) >= 11 is 0. The molecule has 0 bridgehead atoms. The summed E-state index contributed by atoms with van der Waals surface area (Å²) < 4.78 is 10.6. The molecule has 1 aromatic rings. The predicted molar refractivity (Wildman–Crippen MR) is 50.0 cm³/mol. The SMILES string of the molecule is COc1ccc2c(c1)C(N)CCO2. The van der Waals surface area contributed by atoms with Crippen molar-refractivity contribution in [2.45, 2.75) is 12.5 Å². The van der Waals surface area contributed by atoms with E-state index in [4.69, 9.17) is 15.2 Å². The summed E-state index contributed by atoms with van der Waals surface area (Å²) in [5, 5.41) is 0. The second kappa shape index (κ2) is 3.26. The van der Waals surface area contributed by atoms with Crippen LogP contribution in [0.1, 0.15) is 18.0 Å². The molecule has 70 valence electrons. The van der Waals surface area contributed by atoms with Gasteiger partial charge in [0.05, 0.1) is 13.7 Å². The lowest BCUT2D eigenvalue weighted by molar-refractivity contribution is 0.268. The van der Waals surface area contributed by atoms with Crippen LogP contribution in [0.3, 0.4) is 0 Å². The van der Waals surface area contributed by atoms with Gasteiger partial charge in [-0.1, -0.05) is 0 Å². The Labute approximate surface area is 77.5 Å². The fourth-order valence-electron chi connectivity index (χ4n) is 1.53. The highest BCUT2D eigenvalue weighted by atomic mass is 16.5. The molecule has 1 aliphatic rings. The van der Waals surface area contributed by atoms with Crippen molar-refractivity contribution in [3.05, 3.63) is 23.8 Å². The molecule has 0 aliphatic carbocycles. The number of methoxy groups -OCH3 is 1. The Bertz CT molecular complexity index is 312. The van der Waals surface area contributed by atoms with E-state index in [1.54, 1.807) is 7.11 Å². The van der Waals surface area contributed by atoms with E-state index in [0.29, 0.717) is 6.61 Å². The summed E-state index contributed by atoms with van der Waals surface area (Å²) in [5.41, 5.74) is 6.98. The van der Waals surface area contributed by atoms with E-state index in [1.807, 2.05) is 18.2 Å². The van der Waals surface area contributed by atoms with E-state index in [9.17, 15) is 0 Å². The predicted octanol–water partition coefficient (Wildman–Crippen LogP) is 1.48. The molecule has 0 amide bonds. The summed E-state index contributed by atoms with van der Waals surface area (Å²) in [6.07, 6.45) is 0.875. The van der Waals surface area contributed by atoms with Gasteiger partial charge in [0.1, 0.15) is 11.5 Å². The third-order valence-corrected chi connectivity index (χ3v) is 2.30. The molecule has 0 fully saturated rings. The highest BCUT2D eigenvalue weighted by Crippen LogP contribution is 2.33. The summed E-state index contributed by atoms with van der Waals surface area (Å²) in [6, 6.07) is 5.82. The van der Waals surface area contributed by atoms with Crippen LogP contribution in [0.4, 0.5) is 0 Å². The summed E-state index contributed by atoms with van der Waals surface area (Å²) in [6.45, 7) is 0.709. The quantitative estimate of drug-likeness (QED) is 0.710. The van der Waals surface area contributed by atoms with E-state index in [1.165, 1.54) is 0 Å². The molecule has 1 unspecified atom stereocenters. The van der Waals surface area contributed by atoms with Crippen molar-refractivity contribution in [3.8, 4) is 11.5 Å². The first-order chi connectivity index (χ1) is 6.31. The van der Waals surface area contributed by atoms with Gasteiger partial charge >= 0.3 is 0 Å². The van der Waals surface area contributed by atoms with Gasteiger partial charge in [-0.25, -0.2) is 0 Å². The summed E-state index contributed by atoms with van der Waals surface area (Å²) in [7, 11) is 1.65. The van der Waals surface area contributed by atoms with Crippen LogP contribution < -0.4 is 15.2 Å². The van der Waals surface area contributed by atoms with E-state index < -0.39 is 0 Å². The zero-order valence-electron chi connectivity index (χ0n) is 7.62. The van der Waals surface area contributed by atoms with Crippen LogP contribution in [0.15, 0.2) is 18.2 Å². The zero-order chi connectivity index (χ0) is 9.26. The fourth-order valence-corrected chi connectivity index (χ4v) is 1.53. The van der Waals surface area contributed by atoms with Crippen LogP contribution in [0, 0.1) is 0 Å². The van der Waals surface area contributed by atoms with Crippen LogP contribution in [0.2, 0.25) is 0 Å². The minimum Gasteiger partial charge on any atom is -0.497 e. The van der Waals surface area contributed by atoms with E-state index in [-0.39, 0.29) is 6.04 Å². The lowest BCUT2D eigenvalue weighted by atomic mass is 10.0. The van der Waals surface area contributed by atoms with Crippen molar-refractivity contribution < 1.29 is 9.47 Å².